The van der Waals surface area contributed by atoms with Gasteiger partial charge >= 0.3 is 0 Å². The van der Waals surface area contributed by atoms with Gasteiger partial charge in [-0.2, -0.15) is 0 Å². The highest BCUT2D eigenvalue weighted by molar-refractivity contribution is 5.79. The fourth-order valence-electron chi connectivity index (χ4n) is 3.45. The molecular weight excluding hydrogens is 305 g/mol. The third kappa shape index (κ3) is 5.20. The zero-order chi connectivity index (χ0) is 17.4. The summed E-state index contributed by atoms with van der Waals surface area (Å²) >= 11 is 0. The van der Waals surface area contributed by atoms with E-state index >= 15 is 0 Å². The Kier molecular flexibility index (Phi) is 7.03. The van der Waals surface area contributed by atoms with E-state index in [0.717, 1.165) is 31.1 Å². The number of aliphatic imine (C=N–C) groups is 1. The molecule has 2 N–H and O–H groups in total. The van der Waals surface area contributed by atoms with Gasteiger partial charge in [-0.15, -0.1) is 0 Å². The lowest BCUT2D eigenvalue weighted by Gasteiger charge is -2.30. The quantitative estimate of drug-likeness (QED) is 0.593. The second-order valence-corrected chi connectivity index (χ2v) is 6.81. The molecule has 1 fully saturated rings. The average molecular weight is 335 g/mol. The number of ether oxygens (including phenoxy) is 1. The minimum atomic E-state index is -0.164. The predicted molar refractivity (Wildman–Crippen MR) is 96.7 cm³/mol. The number of guanidine groups is 1. The first-order valence-electron chi connectivity index (χ1n) is 8.77. The molecule has 0 radical (unpaired) electrons. The van der Waals surface area contributed by atoms with Gasteiger partial charge in [-0.3, -0.25) is 4.99 Å². The van der Waals surface area contributed by atoms with Crippen LogP contribution in [0.25, 0.3) is 0 Å². The van der Waals surface area contributed by atoms with Crippen LogP contribution < -0.4 is 10.6 Å². The van der Waals surface area contributed by atoms with Crippen molar-refractivity contribution in [1.82, 2.24) is 10.6 Å². The fourth-order valence-corrected chi connectivity index (χ4v) is 3.45. The summed E-state index contributed by atoms with van der Waals surface area (Å²) in [6, 6.07) is 5.19. The van der Waals surface area contributed by atoms with Crippen molar-refractivity contribution in [3.8, 4) is 0 Å². The Morgan fingerprint density at radius 3 is 2.67 bits per heavy atom. The van der Waals surface area contributed by atoms with Crippen LogP contribution in [0.1, 0.15) is 43.2 Å². The highest BCUT2D eigenvalue weighted by Crippen LogP contribution is 2.40. The summed E-state index contributed by atoms with van der Waals surface area (Å²) in [6.45, 7) is 4.14. The highest BCUT2D eigenvalue weighted by Gasteiger charge is 2.33. The van der Waals surface area contributed by atoms with Crippen LogP contribution in [0.4, 0.5) is 4.39 Å². The molecule has 1 aliphatic rings. The Hall–Kier alpha value is -1.62. The van der Waals surface area contributed by atoms with E-state index in [2.05, 4.69) is 15.6 Å². The van der Waals surface area contributed by atoms with Gasteiger partial charge in [0.15, 0.2) is 5.96 Å². The summed E-state index contributed by atoms with van der Waals surface area (Å²) in [5.41, 5.74) is 2.04. The summed E-state index contributed by atoms with van der Waals surface area (Å²) in [4.78, 5) is 4.30. The maximum atomic E-state index is 13.3. The number of benzene rings is 1. The number of aryl methyl sites for hydroxylation is 1. The SMILES string of the molecule is CN=C(NCc1ccc(F)c(C)c1)NCC1(CCOC)CCCC1. The van der Waals surface area contributed by atoms with E-state index in [1.807, 2.05) is 6.07 Å². The molecule has 0 spiro atoms. The lowest BCUT2D eigenvalue weighted by Crippen LogP contribution is -2.43. The van der Waals surface area contributed by atoms with Crippen molar-refractivity contribution < 1.29 is 9.13 Å². The van der Waals surface area contributed by atoms with Crippen molar-refractivity contribution in [1.29, 1.82) is 0 Å². The number of hydrogen-bond acceptors (Lipinski definition) is 2. The molecule has 4 nitrogen and oxygen atoms in total. The fraction of sp³-hybridized carbons (Fsp3) is 0.632. The summed E-state index contributed by atoms with van der Waals surface area (Å²) in [5, 5.41) is 6.78. The summed E-state index contributed by atoms with van der Waals surface area (Å²) in [6.07, 6.45) is 6.18. The normalized spacial score (nSPS) is 17.1. The number of halogens is 1. The van der Waals surface area contributed by atoms with E-state index in [4.69, 9.17) is 4.74 Å². The van der Waals surface area contributed by atoms with E-state index in [1.165, 1.54) is 31.7 Å². The summed E-state index contributed by atoms with van der Waals surface area (Å²) in [5.74, 6) is 0.628. The monoisotopic (exact) mass is 335 g/mol. The number of nitrogens with zero attached hydrogens (tertiary/aromatic N) is 1. The first-order chi connectivity index (χ1) is 11.6. The number of methoxy groups -OCH3 is 1. The standard InChI is InChI=1S/C19H30FN3O/c1-15-12-16(6-7-17(15)20)13-22-18(21-2)23-14-19(10-11-24-3)8-4-5-9-19/h6-7,12H,4-5,8-11,13-14H2,1-3H3,(H2,21,22,23). The van der Waals surface area contributed by atoms with E-state index in [-0.39, 0.29) is 5.82 Å². The average Bonchev–Trinajstić information content (AvgIpc) is 3.05. The van der Waals surface area contributed by atoms with Gasteiger partial charge in [0.25, 0.3) is 0 Å². The van der Waals surface area contributed by atoms with Crippen molar-refractivity contribution in [3.63, 3.8) is 0 Å². The Morgan fingerprint density at radius 2 is 2.04 bits per heavy atom. The van der Waals surface area contributed by atoms with Gasteiger partial charge < -0.3 is 15.4 Å². The molecule has 1 saturated carbocycles. The molecule has 0 bridgehead atoms. The minimum Gasteiger partial charge on any atom is -0.385 e. The second kappa shape index (κ2) is 9.02. The summed E-state index contributed by atoms with van der Waals surface area (Å²) in [7, 11) is 3.54. The smallest absolute Gasteiger partial charge is 0.191 e. The maximum Gasteiger partial charge on any atom is 0.191 e. The molecule has 5 heteroatoms. The lowest BCUT2D eigenvalue weighted by atomic mass is 9.83. The first kappa shape index (κ1) is 18.7. The number of hydrogen-bond donors (Lipinski definition) is 2. The Bertz CT molecular complexity index is 554. The molecule has 24 heavy (non-hydrogen) atoms. The van der Waals surface area contributed by atoms with E-state index in [0.29, 0.717) is 17.5 Å². The highest BCUT2D eigenvalue weighted by atomic mass is 19.1. The van der Waals surface area contributed by atoms with Crippen LogP contribution in [0, 0.1) is 18.2 Å². The number of nitrogens with one attached hydrogen (secondary N) is 2. The van der Waals surface area contributed by atoms with Crippen LogP contribution in [0.15, 0.2) is 23.2 Å². The van der Waals surface area contributed by atoms with Crippen LogP contribution in [0.3, 0.4) is 0 Å². The largest absolute Gasteiger partial charge is 0.385 e. The zero-order valence-electron chi connectivity index (χ0n) is 15.1. The third-order valence-electron chi connectivity index (χ3n) is 5.04. The molecule has 1 aromatic rings. The van der Waals surface area contributed by atoms with Crippen LogP contribution in [-0.2, 0) is 11.3 Å². The molecule has 0 amide bonds. The zero-order valence-corrected chi connectivity index (χ0v) is 15.1. The summed E-state index contributed by atoms with van der Waals surface area (Å²) < 4.78 is 18.6. The van der Waals surface area contributed by atoms with Gasteiger partial charge in [0.2, 0.25) is 0 Å². The van der Waals surface area contributed by atoms with E-state index in [1.54, 1.807) is 27.1 Å². The van der Waals surface area contributed by atoms with Crippen molar-refractivity contribution in [2.24, 2.45) is 10.4 Å². The van der Waals surface area contributed by atoms with Gasteiger partial charge in [0.05, 0.1) is 0 Å². The topological polar surface area (TPSA) is 45.7 Å². The molecule has 134 valence electrons. The molecule has 0 unspecified atom stereocenters. The van der Waals surface area contributed by atoms with Gasteiger partial charge in [-0.25, -0.2) is 4.39 Å². The maximum absolute atomic E-state index is 13.3. The van der Waals surface area contributed by atoms with Crippen molar-refractivity contribution >= 4 is 5.96 Å². The van der Waals surface area contributed by atoms with Gasteiger partial charge in [-0.1, -0.05) is 25.0 Å². The van der Waals surface area contributed by atoms with Crippen LogP contribution in [0.2, 0.25) is 0 Å². The van der Waals surface area contributed by atoms with Crippen LogP contribution >= 0.6 is 0 Å². The molecule has 0 atom stereocenters. The molecule has 0 heterocycles. The van der Waals surface area contributed by atoms with Crippen LogP contribution in [-0.4, -0.2) is 33.3 Å². The van der Waals surface area contributed by atoms with Gasteiger partial charge in [0, 0.05) is 33.9 Å². The lowest BCUT2D eigenvalue weighted by molar-refractivity contribution is 0.138. The van der Waals surface area contributed by atoms with E-state index in [9.17, 15) is 4.39 Å². The molecule has 0 saturated heterocycles. The van der Waals surface area contributed by atoms with Crippen molar-refractivity contribution in [2.45, 2.75) is 45.6 Å². The van der Waals surface area contributed by atoms with Crippen molar-refractivity contribution in [2.75, 3.05) is 27.3 Å². The number of rotatable bonds is 7. The Labute approximate surface area is 144 Å². The third-order valence-corrected chi connectivity index (χ3v) is 5.04. The first-order valence-corrected chi connectivity index (χ1v) is 8.77. The Morgan fingerprint density at radius 1 is 1.29 bits per heavy atom. The molecule has 1 aliphatic carbocycles. The Balaban J connectivity index is 1.86. The molecule has 1 aromatic carbocycles. The molecule has 0 aromatic heterocycles. The van der Waals surface area contributed by atoms with E-state index < -0.39 is 0 Å². The van der Waals surface area contributed by atoms with Gasteiger partial charge in [-0.05, 0) is 48.8 Å². The minimum absolute atomic E-state index is 0.164. The second-order valence-electron chi connectivity index (χ2n) is 6.81. The molecular formula is C19H30FN3O. The van der Waals surface area contributed by atoms with Gasteiger partial charge in [0.1, 0.15) is 5.82 Å². The molecule has 0 aliphatic heterocycles. The predicted octanol–water partition coefficient (Wildman–Crippen LogP) is 3.40. The van der Waals surface area contributed by atoms with Crippen LogP contribution in [0.5, 0.6) is 0 Å². The van der Waals surface area contributed by atoms with Crippen molar-refractivity contribution in [3.05, 3.63) is 35.1 Å². The molecule has 2 rings (SSSR count).